The Bertz CT molecular complexity index is 471. The molecule has 0 aromatic carbocycles. The van der Waals surface area contributed by atoms with Gasteiger partial charge >= 0.3 is 5.97 Å². The first kappa shape index (κ1) is 18.5. The average Bonchev–Trinajstić information content (AvgIpc) is 2.46. The fourth-order valence-electron chi connectivity index (χ4n) is 2.76. The fraction of sp³-hybridized carbons (Fsp3) is 0.625. The molecule has 1 aliphatic rings. The van der Waals surface area contributed by atoms with Crippen molar-refractivity contribution in [3.63, 3.8) is 0 Å². The maximum Gasteiger partial charge on any atom is 0.314 e. The molecule has 0 fully saturated rings. The molecular weight excluding hydrogens is 282 g/mol. The van der Waals surface area contributed by atoms with Crippen LogP contribution >= 0.6 is 0 Å². The zero-order valence-corrected chi connectivity index (χ0v) is 13.4. The van der Waals surface area contributed by atoms with Crippen molar-refractivity contribution in [2.45, 2.75) is 38.9 Å². The molecule has 0 aromatic heterocycles. The standard InChI is InChI=1S/C16H27N3O3/c1-4-13(15(21)22)14(20)16(18,19)10(3)9(2)11-5-7-12(17)8-6-11/h5-13H,4,17-19H2,1-3H3,(H,21,22). The normalized spacial score (nSPS) is 25.5. The van der Waals surface area contributed by atoms with Gasteiger partial charge in [0, 0.05) is 6.04 Å². The molecule has 1 aliphatic carbocycles. The van der Waals surface area contributed by atoms with Crippen LogP contribution in [0.25, 0.3) is 0 Å². The number of carbonyl (C=O) groups is 2. The van der Waals surface area contributed by atoms with Gasteiger partial charge in [0.15, 0.2) is 5.78 Å². The highest BCUT2D eigenvalue weighted by Gasteiger charge is 2.44. The maximum atomic E-state index is 12.4. The van der Waals surface area contributed by atoms with Gasteiger partial charge in [-0.2, -0.15) is 0 Å². The lowest BCUT2D eigenvalue weighted by molar-refractivity contribution is -0.149. The zero-order chi connectivity index (χ0) is 17.1. The van der Waals surface area contributed by atoms with Gasteiger partial charge in [0.25, 0.3) is 0 Å². The average molecular weight is 309 g/mol. The van der Waals surface area contributed by atoms with Crippen molar-refractivity contribution in [1.29, 1.82) is 0 Å². The van der Waals surface area contributed by atoms with Gasteiger partial charge in [0.2, 0.25) is 0 Å². The first-order chi connectivity index (χ1) is 10.1. The highest BCUT2D eigenvalue weighted by atomic mass is 16.4. The van der Waals surface area contributed by atoms with E-state index in [0.29, 0.717) is 0 Å². The molecule has 0 saturated heterocycles. The molecule has 3 unspecified atom stereocenters. The minimum atomic E-state index is -1.68. The summed E-state index contributed by atoms with van der Waals surface area (Å²) in [7, 11) is 0. The predicted octanol–water partition coefficient (Wildman–Crippen LogP) is 0.622. The lowest BCUT2D eigenvalue weighted by atomic mass is 9.72. The van der Waals surface area contributed by atoms with E-state index in [-0.39, 0.29) is 30.2 Å². The van der Waals surface area contributed by atoms with Gasteiger partial charge in [-0.05, 0) is 24.2 Å². The zero-order valence-electron chi connectivity index (χ0n) is 13.4. The summed E-state index contributed by atoms with van der Waals surface area (Å²) in [4.78, 5) is 23.6. The molecule has 1 rings (SSSR count). The Hall–Kier alpha value is -1.50. The third kappa shape index (κ3) is 3.82. The topological polar surface area (TPSA) is 132 Å². The second kappa shape index (κ2) is 7.17. The van der Waals surface area contributed by atoms with Gasteiger partial charge in [-0.25, -0.2) is 0 Å². The highest BCUT2D eigenvalue weighted by Crippen LogP contribution is 2.31. The summed E-state index contributed by atoms with van der Waals surface area (Å²) in [5.74, 6) is -3.32. The Morgan fingerprint density at radius 3 is 2.09 bits per heavy atom. The number of rotatable bonds is 7. The van der Waals surface area contributed by atoms with Crippen molar-refractivity contribution in [2.24, 2.45) is 40.9 Å². The third-order valence-corrected chi connectivity index (χ3v) is 4.71. The van der Waals surface area contributed by atoms with Gasteiger partial charge in [0.05, 0.1) is 0 Å². The van der Waals surface area contributed by atoms with Crippen LogP contribution in [0.3, 0.4) is 0 Å². The highest BCUT2D eigenvalue weighted by molar-refractivity contribution is 6.03. The fourth-order valence-corrected chi connectivity index (χ4v) is 2.76. The molecule has 22 heavy (non-hydrogen) atoms. The molecule has 0 radical (unpaired) electrons. The van der Waals surface area contributed by atoms with Crippen LogP contribution in [0, 0.1) is 23.7 Å². The smallest absolute Gasteiger partial charge is 0.314 e. The summed E-state index contributed by atoms with van der Waals surface area (Å²) in [5, 5.41) is 9.14. The van der Waals surface area contributed by atoms with E-state index in [1.165, 1.54) is 0 Å². The Kier molecular flexibility index (Phi) is 6.05. The number of Topliss-reactive ketones (excluding diaryl/α,β-unsaturated/α-hetero) is 1. The summed E-state index contributed by atoms with van der Waals surface area (Å²) in [6.07, 6.45) is 7.89. The van der Waals surface area contributed by atoms with Gasteiger partial charge in [-0.15, -0.1) is 0 Å². The monoisotopic (exact) mass is 309 g/mol. The molecular formula is C16H27N3O3. The van der Waals surface area contributed by atoms with E-state index in [1.807, 2.05) is 31.2 Å². The molecule has 3 atom stereocenters. The number of hydrogen-bond donors (Lipinski definition) is 4. The lowest BCUT2D eigenvalue weighted by Crippen LogP contribution is -2.65. The Labute approximate surface area is 131 Å². The second-order valence-corrected chi connectivity index (χ2v) is 6.17. The number of hydrogen-bond acceptors (Lipinski definition) is 5. The van der Waals surface area contributed by atoms with Crippen LogP contribution in [0.4, 0.5) is 0 Å². The van der Waals surface area contributed by atoms with Gasteiger partial charge in [-0.1, -0.05) is 45.1 Å². The van der Waals surface area contributed by atoms with E-state index in [0.717, 1.165) is 0 Å². The molecule has 0 aliphatic heterocycles. The second-order valence-electron chi connectivity index (χ2n) is 6.17. The Morgan fingerprint density at radius 2 is 1.68 bits per heavy atom. The number of carboxylic acids is 1. The van der Waals surface area contributed by atoms with E-state index < -0.39 is 23.3 Å². The Morgan fingerprint density at radius 1 is 1.18 bits per heavy atom. The maximum absolute atomic E-state index is 12.4. The molecule has 0 bridgehead atoms. The molecule has 6 nitrogen and oxygen atoms in total. The quantitative estimate of drug-likeness (QED) is 0.309. The van der Waals surface area contributed by atoms with Crippen molar-refractivity contribution in [1.82, 2.24) is 0 Å². The molecule has 124 valence electrons. The number of nitrogens with two attached hydrogens (primary N) is 3. The minimum Gasteiger partial charge on any atom is -0.481 e. The number of carbonyl (C=O) groups excluding carboxylic acids is 1. The third-order valence-electron chi connectivity index (χ3n) is 4.71. The molecule has 0 aromatic rings. The van der Waals surface area contributed by atoms with E-state index in [9.17, 15) is 9.59 Å². The number of aliphatic carboxylic acids is 1. The number of carboxylic acid groups (broad SMARTS) is 1. The van der Waals surface area contributed by atoms with Crippen molar-refractivity contribution in [3.05, 3.63) is 24.3 Å². The van der Waals surface area contributed by atoms with Crippen LogP contribution in [0.15, 0.2) is 24.3 Å². The van der Waals surface area contributed by atoms with Gasteiger partial charge in [0.1, 0.15) is 11.6 Å². The van der Waals surface area contributed by atoms with Crippen LogP contribution in [0.5, 0.6) is 0 Å². The Balaban J connectivity index is 2.91. The first-order valence-electron chi connectivity index (χ1n) is 7.60. The van der Waals surface area contributed by atoms with E-state index in [4.69, 9.17) is 22.3 Å². The summed E-state index contributed by atoms with van der Waals surface area (Å²) < 4.78 is 0. The SMILES string of the molecule is CCC(C(=O)O)C(=O)C(N)(N)C(C)C(C)C1C=CC(N)C=C1. The summed E-state index contributed by atoms with van der Waals surface area (Å²) in [5.41, 5.74) is 16.2. The minimum absolute atomic E-state index is 0.0229. The largest absolute Gasteiger partial charge is 0.481 e. The first-order valence-corrected chi connectivity index (χ1v) is 7.60. The summed E-state index contributed by atoms with van der Waals surface area (Å²) in [6.45, 7) is 5.37. The molecule has 6 heteroatoms. The van der Waals surface area contributed by atoms with E-state index in [1.54, 1.807) is 13.8 Å². The van der Waals surface area contributed by atoms with E-state index >= 15 is 0 Å². The van der Waals surface area contributed by atoms with Crippen LogP contribution in [-0.4, -0.2) is 28.6 Å². The summed E-state index contributed by atoms with van der Waals surface area (Å²) >= 11 is 0. The van der Waals surface area contributed by atoms with Gasteiger partial charge in [-0.3, -0.25) is 9.59 Å². The number of allylic oxidation sites excluding steroid dienone is 2. The van der Waals surface area contributed by atoms with Gasteiger partial charge < -0.3 is 22.3 Å². The van der Waals surface area contributed by atoms with Crippen LogP contribution in [0.2, 0.25) is 0 Å². The molecule has 0 spiro atoms. The molecule has 0 amide bonds. The van der Waals surface area contributed by atoms with Crippen LogP contribution in [-0.2, 0) is 9.59 Å². The van der Waals surface area contributed by atoms with Crippen molar-refractivity contribution >= 4 is 11.8 Å². The van der Waals surface area contributed by atoms with Crippen LogP contribution < -0.4 is 17.2 Å². The molecule has 7 N–H and O–H groups in total. The van der Waals surface area contributed by atoms with Crippen molar-refractivity contribution in [3.8, 4) is 0 Å². The lowest BCUT2D eigenvalue weighted by Gasteiger charge is -2.38. The van der Waals surface area contributed by atoms with Crippen molar-refractivity contribution < 1.29 is 14.7 Å². The van der Waals surface area contributed by atoms with Crippen LogP contribution in [0.1, 0.15) is 27.2 Å². The number of ketones is 1. The van der Waals surface area contributed by atoms with E-state index in [2.05, 4.69) is 0 Å². The molecule has 0 heterocycles. The molecule has 0 saturated carbocycles. The predicted molar refractivity (Wildman–Crippen MR) is 85.6 cm³/mol. The van der Waals surface area contributed by atoms with Crippen molar-refractivity contribution in [2.75, 3.05) is 0 Å². The summed E-state index contributed by atoms with van der Waals surface area (Å²) in [6, 6.07) is -0.0996.